The van der Waals surface area contributed by atoms with Crippen LogP contribution in [0.4, 0.5) is 14.6 Å². The number of nitriles is 2. The normalized spacial score (nSPS) is 9.95. The third kappa shape index (κ3) is 2.26. The summed E-state index contributed by atoms with van der Waals surface area (Å²) < 4.78 is 27.0. The molecule has 0 aliphatic rings. The Balaban J connectivity index is 3.01. The zero-order chi connectivity index (χ0) is 15.7. The maximum Gasteiger partial charge on any atom is 0.268 e. The second-order valence-electron chi connectivity index (χ2n) is 3.94. The van der Waals surface area contributed by atoms with Gasteiger partial charge in [0.2, 0.25) is 0 Å². The minimum absolute atomic E-state index is 0.261. The van der Waals surface area contributed by atoms with Gasteiger partial charge in [0.05, 0.1) is 4.47 Å². The van der Waals surface area contributed by atoms with E-state index in [9.17, 15) is 13.6 Å². The maximum absolute atomic E-state index is 14.2. The van der Waals surface area contributed by atoms with Crippen molar-refractivity contribution < 1.29 is 8.78 Å². The van der Waals surface area contributed by atoms with E-state index in [1.807, 2.05) is 0 Å². The Morgan fingerprint density at radius 2 is 1.81 bits per heavy atom. The van der Waals surface area contributed by atoms with Crippen LogP contribution in [0.2, 0.25) is 0 Å². The molecule has 1 aromatic carbocycles. The van der Waals surface area contributed by atoms with E-state index < -0.39 is 27.2 Å². The number of nitrogens with one attached hydrogen (secondary N) is 1. The number of halogens is 3. The molecule has 0 unspecified atom stereocenters. The van der Waals surface area contributed by atoms with Gasteiger partial charge in [0.1, 0.15) is 40.7 Å². The van der Waals surface area contributed by atoms with Crippen molar-refractivity contribution in [3.8, 4) is 23.3 Å². The summed E-state index contributed by atoms with van der Waals surface area (Å²) in [5.74, 6) is -2.18. The largest absolute Gasteiger partial charge is 0.384 e. The fourth-order valence-corrected chi connectivity index (χ4v) is 2.18. The van der Waals surface area contributed by atoms with Gasteiger partial charge < -0.3 is 10.7 Å². The standard InChI is InChI=1S/C13H5BrF2N4O/c14-10-8(15)2-1-5(11(10)16)9-6(3-17)12(19)20-13(21)7(9)4-18/h1-2H,(H3,19,20,21). The minimum atomic E-state index is -1.03. The number of hydrogen-bond donors (Lipinski definition) is 2. The van der Waals surface area contributed by atoms with Crippen LogP contribution in [0.3, 0.4) is 0 Å². The average molecular weight is 351 g/mol. The molecule has 0 atom stereocenters. The molecule has 0 bridgehead atoms. The topological polar surface area (TPSA) is 106 Å². The van der Waals surface area contributed by atoms with Crippen molar-refractivity contribution in [1.29, 1.82) is 10.5 Å². The van der Waals surface area contributed by atoms with E-state index >= 15 is 0 Å². The summed E-state index contributed by atoms with van der Waals surface area (Å²) in [6.45, 7) is 0. The number of pyridine rings is 1. The highest BCUT2D eigenvalue weighted by atomic mass is 79.9. The Bertz CT molecular complexity index is 893. The van der Waals surface area contributed by atoms with Crippen molar-refractivity contribution in [2.45, 2.75) is 0 Å². The van der Waals surface area contributed by atoms with Gasteiger partial charge in [0, 0.05) is 11.1 Å². The van der Waals surface area contributed by atoms with Crippen LogP contribution in [0.1, 0.15) is 11.1 Å². The van der Waals surface area contributed by atoms with Crippen LogP contribution in [-0.4, -0.2) is 4.98 Å². The fraction of sp³-hybridized carbons (Fsp3) is 0. The Hall–Kier alpha value is -2.71. The van der Waals surface area contributed by atoms with Gasteiger partial charge in [-0.1, -0.05) is 0 Å². The van der Waals surface area contributed by atoms with Crippen LogP contribution < -0.4 is 11.3 Å². The summed E-state index contributed by atoms with van der Waals surface area (Å²) in [6, 6.07) is 5.28. The fourth-order valence-electron chi connectivity index (χ4n) is 1.83. The van der Waals surface area contributed by atoms with Crippen LogP contribution >= 0.6 is 15.9 Å². The lowest BCUT2D eigenvalue weighted by molar-refractivity contribution is 0.574. The lowest BCUT2D eigenvalue weighted by Crippen LogP contribution is -2.16. The smallest absolute Gasteiger partial charge is 0.268 e. The monoisotopic (exact) mass is 350 g/mol. The highest BCUT2D eigenvalue weighted by Gasteiger charge is 2.22. The maximum atomic E-state index is 14.2. The van der Waals surface area contributed by atoms with Gasteiger partial charge in [-0.15, -0.1) is 0 Å². The molecule has 0 fully saturated rings. The number of anilines is 1. The predicted molar refractivity (Wildman–Crippen MR) is 74.0 cm³/mol. The van der Waals surface area contributed by atoms with Crippen molar-refractivity contribution in [2.75, 3.05) is 5.73 Å². The first kappa shape index (κ1) is 14.7. The van der Waals surface area contributed by atoms with Crippen LogP contribution in [-0.2, 0) is 0 Å². The van der Waals surface area contributed by atoms with E-state index in [0.29, 0.717) is 0 Å². The van der Waals surface area contributed by atoms with Crippen LogP contribution in [0.15, 0.2) is 21.4 Å². The predicted octanol–water partition coefficient (Wildman–Crippen LogP) is 2.41. The van der Waals surface area contributed by atoms with E-state index in [1.165, 1.54) is 0 Å². The molecule has 0 saturated heterocycles. The summed E-state index contributed by atoms with van der Waals surface area (Å²) in [7, 11) is 0. The number of nitrogens with two attached hydrogens (primary N) is 1. The molecule has 8 heteroatoms. The van der Waals surface area contributed by atoms with Crippen molar-refractivity contribution >= 4 is 21.7 Å². The van der Waals surface area contributed by atoms with Gasteiger partial charge >= 0.3 is 0 Å². The first-order chi connectivity index (χ1) is 9.92. The van der Waals surface area contributed by atoms with Crippen molar-refractivity contribution in [3.63, 3.8) is 0 Å². The van der Waals surface area contributed by atoms with Crippen molar-refractivity contribution in [1.82, 2.24) is 4.98 Å². The number of aromatic nitrogens is 1. The number of rotatable bonds is 1. The zero-order valence-corrected chi connectivity index (χ0v) is 11.8. The summed E-state index contributed by atoms with van der Waals surface area (Å²) in [4.78, 5) is 13.9. The van der Waals surface area contributed by atoms with E-state index in [4.69, 9.17) is 16.3 Å². The van der Waals surface area contributed by atoms with Crippen LogP contribution in [0, 0.1) is 34.3 Å². The van der Waals surface area contributed by atoms with Gasteiger partial charge in [-0.3, -0.25) is 4.79 Å². The van der Waals surface area contributed by atoms with E-state index in [2.05, 4.69) is 20.9 Å². The molecule has 0 saturated carbocycles. The number of nitrogens with zero attached hydrogens (tertiary/aromatic N) is 2. The molecule has 104 valence electrons. The van der Waals surface area contributed by atoms with Gasteiger partial charge in [0.25, 0.3) is 5.56 Å². The van der Waals surface area contributed by atoms with Crippen LogP contribution in [0.5, 0.6) is 0 Å². The molecule has 21 heavy (non-hydrogen) atoms. The third-order valence-corrected chi connectivity index (χ3v) is 3.50. The number of aromatic amines is 1. The molecule has 0 aliphatic heterocycles. The molecule has 1 aromatic heterocycles. The minimum Gasteiger partial charge on any atom is -0.384 e. The van der Waals surface area contributed by atoms with E-state index in [0.717, 1.165) is 12.1 Å². The molecule has 2 rings (SSSR count). The number of hydrogen-bond acceptors (Lipinski definition) is 4. The molecule has 2 aromatic rings. The van der Waals surface area contributed by atoms with Gasteiger partial charge in [0.15, 0.2) is 0 Å². The Morgan fingerprint density at radius 3 is 2.38 bits per heavy atom. The first-order valence-corrected chi connectivity index (χ1v) is 6.21. The lowest BCUT2D eigenvalue weighted by Gasteiger charge is -2.10. The number of benzene rings is 1. The van der Waals surface area contributed by atoms with Crippen molar-refractivity contribution in [2.24, 2.45) is 0 Å². The molecular weight excluding hydrogens is 346 g/mol. The molecule has 5 nitrogen and oxygen atoms in total. The Morgan fingerprint density at radius 1 is 1.19 bits per heavy atom. The quantitative estimate of drug-likeness (QED) is 0.770. The summed E-state index contributed by atoms with van der Waals surface area (Å²) in [6.07, 6.45) is 0. The van der Waals surface area contributed by atoms with E-state index in [1.54, 1.807) is 12.1 Å². The Kier molecular flexibility index (Phi) is 3.74. The summed E-state index contributed by atoms with van der Waals surface area (Å²) in [5.41, 5.74) is 3.39. The van der Waals surface area contributed by atoms with E-state index in [-0.39, 0.29) is 22.5 Å². The van der Waals surface area contributed by atoms with Crippen LogP contribution in [0.25, 0.3) is 11.1 Å². The summed E-state index contributed by atoms with van der Waals surface area (Å²) >= 11 is 2.72. The highest BCUT2D eigenvalue weighted by Crippen LogP contribution is 2.34. The number of nitrogen functional groups attached to an aromatic ring is 1. The van der Waals surface area contributed by atoms with Gasteiger partial charge in [-0.05, 0) is 28.1 Å². The first-order valence-electron chi connectivity index (χ1n) is 5.42. The molecule has 3 N–H and O–H groups in total. The number of H-pyrrole nitrogens is 1. The molecular formula is C13H5BrF2N4O. The highest BCUT2D eigenvalue weighted by molar-refractivity contribution is 9.10. The van der Waals surface area contributed by atoms with Crippen molar-refractivity contribution in [3.05, 3.63) is 49.7 Å². The van der Waals surface area contributed by atoms with Gasteiger partial charge in [-0.2, -0.15) is 10.5 Å². The second kappa shape index (κ2) is 5.35. The van der Waals surface area contributed by atoms with Gasteiger partial charge in [-0.25, -0.2) is 8.78 Å². The SMILES string of the molecule is N#Cc1c(N)[nH]c(=O)c(C#N)c1-c1ccc(F)c(Br)c1F. The molecule has 0 amide bonds. The molecule has 0 spiro atoms. The zero-order valence-electron chi connectivity index (χ0n) is 10.2. The lowest BCUT2D eigenvalue weighted by atomic mass is 9.96. The Labute approximate surface area is 125 Å². The molecule has 1 heterocycles. The second-order valence-corrected chi connectivity index (χ2v) is 4.73. The molecule has 0 aliphatic carbocycles. The average Bonchev–Trinajstić information content (AvgIpc) is 2.44. The third-order valence-electron chi connectivity index (χ3n) is 2.77. The molecule has 0 radical (unpaired) electrons. The summed E-state index contributed by atoms with van der Waals surface area (Å²) in [5, 5.41) is 18.2.